The highest BCUT2D eigenvalue weighted by molar-refractivity contribution is 6.24. The van der Waals surface area contributed by atoms with E-state index in [-0.39, 0.29) is 0 Å². The quantitative estimate of drug-likeness (QED) is 0.166. The maximum Gasteiger partial charge on any atom is 0.147 e. The molecule has 0 saturated carbocycles. The number of anilines is 6. The van der Waals surface area contributed by atoms with E-state index in [4.69, 9.17) is 17.7 Å². The maximum absolute atomic E-state index is 6.90. The predicted octanol–water partition coefficient (Wildman–Crippen LogP) is 18.5. The van der Waals surface area contributed by atoms with Crippen molar-refractivity contribution in [2.24, 2.45) is 0 Å². The summed E-state index contributed by atoms with van der Waals surface area (Å²) in [5.41, 5.74) is 13.1. The minimum Gasteiger partial charge on any atom is -0.456 e. The van der Waals surface area contributed by atoms with E-state index in [1.807, 2.05) is 24.3 Å². The van der Waals surface area contributed by atoms with E-state index in [0.29, 0.717) is 0 Å². The highest BCUT2D eigenvalue weighted by Gasteiger charge is 2.21. The van der Waals surface area contributed by atoms with Gasteiger partial charge in [-0.15, -0.1) is 0 Å². The number of fused-ring (bicyclic) bond motifs is 15. The molecule has 0 aliphatic carbocycles. The highest BCUT2D eigenvalue weighted by atomic mass is 16.3. The number of benzene rings is 11. The van der Waals surface area contributed by atoms with Crippen molar-refractivity contribution in [3.8, 4) is 0 Å². The van der Waals surface area contributed by atoms with E-state index < -0.39 is 0 Å². The molecule has 15 rings (SSSR count). The largest absolute Gasteiger partial charge is 0.456 e. The molecule has 15 aromatic rings. The molecule has 11 aromatic carbocycles. The first-order valence-electron chi connectivity index (χ1n) is 22.9. The Kier molecular flexibility index (Phi) is 7.69. The van der Waals surface area contributed by atoms with Crippen LogP contribution in [-0.2, 0) is 0 Å². The van der Waals surface area contributed by atoms with Crippen LogP contribution in [-0.4, -0.2) is 0 Å². The minimum atomic E-state index is 0.793. The zero-order valence-electron chi connectivity index (χ0n) is 36.3. The van der Waals surface area contributed by atoms with Crippen LogP contribution in [0.1, 0.15) is 0 Å². The third-order valence-corrected chi connectivity index (χ3v) is 13.7. The van der Waals surface area contributed by atoms with Crippen molar-refractivity contribution in [2.45, 2.75) is 0 Å². The standard InChI is InChI=1S/C62H36N2O4/c1-3-11-41(12-4-1)63(45-23-26-56-51(35-45)47-15-7-9-17-54(47)65-56)43-21-19-37-31-50-49-25-28-58-61(62(49)68-59(50)33-39(37)29-43)53-32-38-20-22-44(30-40(38)34-60(53)67-58)64(42-13-5-2-6-14-42)46-24-27-57-52(36-46)48-16-8-10-18-55(48)66-57/h1-36H. The molecule has 0 unspecified atom stereocenters. The average Bonchev–Trinajstić information content (AvgIpc) is 4.15. The van der Waals surface area contributed by atoms with Gasteiger partial charge in [-0.1, -0.05) is 84.9 Å². The minimum absolute atomic E-state index is 0.793. The third-order valence-electron chi connectivity index (χ3n) is 13.7. The van der Waals surface area contributed by atoms with Crippen LogP contribution in [0.25, 0.3) is 109 Å². The normalized spacial score (nSPS) is 12.1. The van der Waals surface area contributed by atoms with Crippen molar-refractivity contribution in [1.82, 2.24) is 0 Å². The van der Waals surface area contributed by atoms with Crippen LogP contribution in [0, 0.1) is 0 Å². The van der Waals surface area contributed by atoms with Crippen LogP contribution in [0.15, 0.2) is 236 Å². The van der Waals surface area contributed by atoms with Gasteiger partial charge in [-0.25, -0.2) is 0 Å². The van der Waals surface area contributed by atoms with Crippen molar-refractivity contribution in [1.29, 1.82) is 0 Å². The molecule has 0 saturated heterocycles. The lowest BCUT2D eigenvalue weighted by atomic mass is 10.0. The van der Waals surface area contributed by atoms with Gasteiger partial charge < -0.3 is 27.5 Å². The van der Waals surface area contributed by atoms with Gasteiger partial charge in [0.15, 0.2) is 0 Å². The number of rotatable bonds is 6. The van der Waals surface area contributed by atoms with Crippen molar-refractivity contribution < 1.29 is 17.7 Å². The summed E-state index contributed by atoms with van der Waals surface area (Å²) in [6.45, 7) is 0. The second-order valence-electron chi connectivity index (χ2n) is 17.7. The van der Waals surface area contributed by atoms with Gasteiger partial charge in [0.05, 0.1) is 5.39 Å². The molecule has 318 valence electrons. The van der Waals surface area contributed by atoms with Gasteiger partial charge in [-0.05, 0) is 155 Å². The summed E-state index contributed by atoms with van der Waals surface area (Å²) in [6, 6.07) is 76.7. The van der Waals surface area contributed by atoms with E-state index in [0.717, 1.165) is 143 Å². The predicted molar refractivity (Wildman–Crippen MR) is 280 cm³/mol. The van der Waals surface area contributed by atoms with Crippen molar-refractivity contribution in [3.05, 3.63) is 218 Å². The Morgan fingerprint density at radius 1 is 0.221 bits per heavy atom. The number of para-hydroxylation sites is 4. The first-order valence-corrected chi connectivity index (χ1v) is 22.9. The van der Waals surface area contributed by atoms with Gasteiger partial charge in [0.2, 0.25) is 0 Å². The number of furan rings is 4. The van der Waals surface area contributed by atoms with Gasteiger partial charge in [0.25, 0.3) is 0 Å². The first-order chi connectivity index (χ1) is 33.6. The molecule has 0 aliphatic rings. The summed E-state index contributed by atoms with van der Waals surface area (Å²) < 4.78 is 26.0. The van der Waals surface area contributed by atoms with E-state index >= 15 is 0 Å². The second kappa shape index (κ2) is 14.1. The topological polar surface area (TPSA) is 59.0 Å². The Morgan fingerprint density at radius 2 is 0.647 bits per heavy atom. The summed E-state index contributed by atoms with van der Waals surface area (Å²) in [4.78, 5) is 4.61. The summed E-state index contributed by atoms with van der Waals surface area (Å²) in [7, 11) is 0. The Bertz CT molecular complexity index is 4520. The lowest BCUT2D eigenvalue weighted by Gasteiger charge is -2.26. The molecule has 0 aliphatic heterocycles. The smallest absolute Gasteiger partial charge is 0.147 e. The van der Waals surface area contributed by atoms with Crippen LogP contribution in [0.3, 0.4) is 0 Å². The van der Waals surface area contributed by atoms with Gasteiger partial charge in [-0.3, -0.25) is 0 Å². The Morgan fingerprint density at radius 3 is 1.22 bits per heavy atom. The van der Waals surface area contributed by atoms with Gasteiger partial charge >= 0.3 is 0 Å². The molecule has 4 aromatic heterocycles. The molecule has 0 radical (unpaired) electrons. The van der Waals surface area contributed by atoms with Gasteiger partial charge in [-0.2, -0.15) is 0 Å². The van der Waals surface area contributed by atoms with E-state index in [1.54, 1.807) is 0 Å². The summed E-state index contributed by atoms with van der Waals surface area (Å²) in [6.07, 6.45) is 0. The zero-order valence-corrected chi connectivity index (χ0v) is 36.3. The van der Waals surface area contributed by atoms with Crippen LogP contribution >= 0.6 is 0 Å². The molecular formula is C62H36N2O4. The average molecular weight is 873 g/mol. The summed E-state index contributed by atoms with van der Waals surface area (Å²) >= 11 is 0. The second-order valence-corrected chi connectivity index (χ2v) is 17.7. The molecule has 0 amide bonds. The summed E-state index contributed by atoms with van der Waals surface area (Å²) in [5.74, 6) is 0. The molecule has 0 fully saturated rings. The molecule has 6 nitrogen and oxygen atoms in total. The third kappa shape index (κ3) is 5.58. The van der Waals surface area contributed by atoms with Gasteiger partial charge in [0.1, 0.15) is 44.7 Å². The van der Waals surface area contributed by atoms with Crippen LogP contribution < -0.4 is 9.80 Å². The molecule has 0 atom stereocenters. The Labute approximate surface area is 387 Å². The Hall–Kier alpha value is -9.26. The first kappa shape index (κ1) is 37.0. The molecular weight excluding hydrogens is 837 g/mol. The fourth-order valence-corrected chi connectivity index (χ4v) is 10.6. The molecule has 4 heterocycles. The molecule has 0 bridgehead atoms. The number of hydrogen-bond acceptors (Lipinski definition) is 6. The van der Waals surface area contributed by atoms with Crippen LogP contribution in [0.5, 0.6) is 0 Å². The van der Waals surface area contributed by atoms with Crippen LogP contribution in [0.2, 0.25) is 0 Å². The van der Waals surface area contributed by atoms with Crippen molar-refractivity contribution in [2.75, 3.05) is 9.80 Å². The SMILES string of the molecule is c1ccc(N(c2ccc3cc4c(cc3c2)oc2c4ccc3oc4cc5cc(N(c6ccccc6)c6ccc7oc8ccccc8c7c6)ccc5cc4c32)c2ccc3oc4ccccc4c3c2)cc1. The fraction of sp³-hybridized carbons (Fsp3) is 0. The number of nitrogens with zero attached hydrogens (tertiary/aromatic N) is 2. The monoisotopic (exact) mass is 872 g/mol. The Balaban J connectivity index is 0.845. The van der Waals surface area contributed by atoms with Gasteiger partial charge in [0, 0.05) is 71.8 Å². The van der Waals surface area contributed by atoms with E-state index in [2.05, 4.69) is 204 Å². The zero-order chi connectivity index (χ0) is 44.5. The molecule has 6 heteroatoms. The molecule has 68 heavy (non-hydrogen) atoms. The highest BCUT2D eigenvalue weighted by Crippen LogP contribution is 2.45. The molecule has 0 N–H and O–H groups in total. The lowest BCUT2D eigenvalue weighted by molar-refractivity contribution is 0.663. The van der Waals surface area contributed by atoms with E-state index in [9.17, 15) is 0 Å². The number of hydrogen-bond donors (Lipinski definition) is 0. The molecule has 0 spiro atoms. The van der Waals surface area contributed by atoms with Crippen molar-refractivity contribution in [3.63, 3.8) is 0 Å². The maximum atomic E-state index is 6.90. The summed E-state index contributed by atoms with van der Waals surface area (Å²) in [5, 5.41) is 12.9. The van der Waals surface area contributed by atoms with Crippen LogP contribution in [0.4, 0.5) is 34.1 Å². The fourth-order valence-electron chi connectivity index (χ4n) is 10.6. The van der Waals surface area contributed by atoms with E-state index in [1.165, 1.54) is 0 Å². The lowest BCUT2D eigenvalue weighted by Crippen LogP contribution is -2.09. The van der Waals surface area contributed by atoms with Crippen molar-refractivity contribution >= 4 is 143 Å².